The molecule has 0 atom stereocenters. The molecule has 0 aromatic heterocycles. The van der Waals surface area contributed by atoms with Crippen molar-refractivity contribution in [2.75, 3.05) is 33.1 Å². The zero-order chi connectivity index (χ0) is 20.9. The molecule has 0 spiro atoms. The van der Waals surface area contributed by atoms with E-state index >= 15 is 0 Å². The zero-order valence-electron chi connectivity index (χ0n) is 15.4. The molecule has 2 aromatic carbocycles. The van der Waals surface area contributed by atoms with Gasteiger partial charge >= 0.3 is 5.97 Å². The number of carbonyl (C=O) groups excluding carboxylic acids is 2. The van der Waals surface area contributed by atoms with E-state index in [0.29, 0.717) is 0 Å². The molecule has 0 saturated heterocycles. The fourth-order valence-corrected chi connectivity index (χ4v) is 3.10. The maximum Gasteiger partial charge on any atom is 0.338 e. The van der Waals surface area contributed by atoms with Crippen LogP contribution in [0.1, 0.15) is 10.4 Å². The minimum absolute atomic E-state index is 0.000929. The summed E-state index contributed by atoms with van der Waals surface area (Å²) in [5.41, 5.74) is 0.143. The van der Waals surface area contributed by atoms with Crippen molar-refractivity contribution in [2.24, 2.45) is 0 Å². The van der Waals surface area contributed by atoms with Gasteiger partial charge < -0.3 is 14.8 Å². The van der Waals surface area contributed by atoms with Gasteiger partial charge in [-0.15, -0.1) is 0 Å². The Hall–Kier alpha value is -2.98. The first kappa shape index (κ1) is 21.3. The summed E-state index contributed by atoms with van der Waals surface area (Å²) in [6.07, 6.45) is 0. The Labute approximate surface area is 161 Å². The number of methoxy groups -OCH3 is 1. The van der Waals surface area contributed by atoms with Crippen LogP contribution in [0.4, 0.5) is 10.1 Å². The smallest absolute Gasteiger partial charge is 0.338 e. The third kappa shape index (κ3) is 5.05. The molecule has 2 aromatic rings. The maximum atomic E-state index is 13.6. The van der Waals surface area contributed by atoms with Crippen molar-refractivity contribution in [3.8, 4) is 5.75 Å². The quantitative estimate of drug-likeness (QED) is 0.700. The Morgan fingerprint density at radius 1 is 1.14 bits per heavy atom. The molecule has 2 rings (SSSR count). The number of hydrogen-bond acceptors (Lipinski definition) is 6. The van der Waals surface area contributed by atoms with Crippen LogP contribution in [-0.2, 0) is 19.6 Å². The highest BCUT2D eigenvalue weighted by Crippen LogP contribution is 2.19. The van der Waals surface area contributed by atoms with E-state index in [1.165, 1.54) is 57.6 Å². The Balaban J connectivity index is 1.99. The van der Waals surface area contributed by atoms with Gasteiger partial charge in [0, 0.05) is 19.8 Å². The molecule has 0 bridgehead atoms. The topological polar surface area (TPSA) is 102 Å². The first-order valence-corrected chi connectivity index (χ1v) is 9.42. The lowest BCUT2D eigenvalue weighted by Gasteiger charge is -2.12. The molecule has 0 heterocycles. The van der Waals surface area contributed by atoms with Gasteiger partial charge in [-0.25, -0.2) is 21.9 Å². The molecule has 1 N–H and O–H groups in total. The van der Waals surface area contributed by atoms with E-state index in [9.17, 15) is 22.4 Å². The van der Waals surface area contributed by atoms with Gasteiger partial charge in [-0.2, -0.15) is 0 Å². The number of esters is 1. The van der Waals surface area contributed by atoms with Crippen LogP contribution in [0.2, 0.25) is 0 Å². The average Bonchev–Trinajstić information content (AvgIpc) is 2.66. The second-order valence-corrected chi connectivity index (χ2v) is 7.94. The number of nitrogens with zero attached hydrogens (tertiary/aromatic N) is 1. The predicted octanol–water partition coefficient (Wildman–Crippen LogP) is 1.88. The second-order valence-electron chi connectivity index (χ2n) is 5.79. The molecule has 0 saturated carbocycles. The molecule has 8 nitrogen and oxygen atoms in total. The van der Waals surface area contributed by atoms with Crippen LogP contribution < -0.4 is 10.1 Å². The van der Waals surface area contributed by atoms with Gasteiger partial charge in [0.2, 0.25) is 10.0 Å². The molecule has 0 aliphatic heterocycles. The number of rotatable bonds is 7. The van der Waals surface area contributed by atoms with Gasteiger partial charge in [0.15, 0.2) is 18.2 Å². The largest absolute Gasteiger partial charge is 0.494 e. The van der Waals surface area contributed by atoms with Crippen LogP contribution in [0.25, 0.3) is 0 Å². The number of benzene rings is 2. The number of hydrogen-bond donors (Lipinski definition) is 1. The summed E-state index contributed by atoms with van der Waals surface area (Å²) < 4.78 is 48.5. The Morgan fingerprint density at radius 3 is 2.46 bits per heavy atom. The van der Waals surface area contributed by atoms with Gasteiger partial charge in [0.1, 0.15) is 0 Å². The SMILES string of the molecule is COc1ccc(C(=O)OCC(=O)Nc2cccc(S(=O)(=O)N(C)C)c2)cc1F. The van der Waals surface area contributed by atoms with Crippen LogP contribution in [0.3, 0.4) is 0 Å². The number of ether oxygens (including phenoxy) is 2. The van der Waals surface area contributed by atoms with Crippen LogP contribution in [-0.4, -0.2) is 52.4 Å². The highest BCUT2D eigenvalue weighted by atomic mass is 32.2. The number of sulfonamides is 1. The highest BCUT2D eigenvalue weighted by molar-refractivity contribution is 7.89. The van der Waals surface area contributed by atoms with Gasteiger partial charge in [-0.1, -0.05) is 6.07 Å². The van der Waals surface area contributed by atoms with Gasteiger partial charge in [0.05, 0.1) is 17.6 Å². The summed E-state index contributed by atoms with van der Waals surface area (Å²) in [6, 6.07) is 9.15. The summed E-state index contributed by atoms with van der Waals surface area (Å²) in [7, 11) is 0.417. The number of carbonyl (C=O) groups is 2. The van der Waals surface area contributed by atoms with Crippen molar-refractivity contribution in [1.82, 2.24) is 4.31 Å². The van der Waals surface area contributed by atoms with E-state index in [-0.39, 0.29) is 21.9 Å². The van der Waals surface area contributed by atoms with Gasteiger partial charge in [-0.3, -0.25) is 4.79 Å². The van der Waals surface area contributed by atoms with Crippen molar-refractivity contribution < 1.29 is 31.9 Å². The number of amides is 1. The van der Waals surface area contributed by atoms with Crippen molar-refractivity contribution >= 4 is 27.6 Å². The summed E-state index contributed by atoms with van der Waals surface area (Å²) in [5.74, 6) is -2.33. The van der Waals surface area contributed by atoms with Gasteiger partial charge in [-0.05, 0) is 36.4 Å². The molecule has 1 amide bonds. The second kappa shape index (κ2) is 8.81. The molecule has 0 unspecified atom stereocenters. The van der Waals surface area contributed by atoms with Crippen molar-refractivity contribution in [1.29, 1.82) is 0 Å². The third-order valence-electron chi connectivity index (χ3n) is 3.62. The monoisotopic (exact) mass is 410 g/mol. The fraction of sp³-hybridized carbons (Fsp3) is 0.222. The minimum atomic E-state index is -3.66. The predicted molar refractivity (Wildman–Crippen MR) is 99.2 cm³/mol. The molecule has 10 heteroatoms. The highest BCUT2D eigenvalue weighted by Gasteiger charge is 2.18. The standard InChI is InChI=1S/C18H19FN2O6S/c1-21(2)28(24,25)14-6-4-5-13(10-14)20-17(22)11-27-18(23)12-7-8-16(26-3)15(19)9-12/h4-10H,11H2,1-3H3,(H,20,22). The van der Waals surface area contributed by atoms with Crippen molar-refractivity contribution in [3.05, 3.63) is 53.8 Å². The fourth-order valence-electron chi connectivity index (χ4n) is 2.15. The molecule has 0 aliphatic rings. The van der Waals surface area contributed by atoms with Crippen LogP contribution >= 0.6 is 0 Å². The zero-order valence-corrected chi connectivity index (χ0v) is 16.2. The van der Waals surface area contributed by atoms with E-state index in [2.05, 4.69) is 5.32 Å². The maximum absolute atomic E-state index is 13.6. The molecule has 0 aliphatic carbocycles. The van der Waals surface area contributed by atoms with Crippen LogP contribution in [0, 0.1) is 5.82 Å². The first-order chi connectivity index (χ1) is 13.1. The molecular formula is C18H19FN2O6S. The van der Waals surface area contributed by atoms with E-state index in [1.54, 1.807) is 0 Å². The summed E-state index contributed by atoms with van der Waals surface area (Å²) in [5, 5.41) is 2.44. The van der Waals surface area contributed by atoms with E-state index < -0.39 is 34.3 Å². The normalized spacial score (nSPS) is 11.2. The Kier molecular flexibility index (Phi) is 6.71. The number of halogens is 1. The molecule has 0 radical (unpaired) electrons. The lowest BCUT2D eigenvalue weighted by Crippen LogP contribution is -2.23. The van der Waals surface area contributed by atoms with Crippen LogP contribution in [0.5, 0.6) is 5.75 Å². The van der Waals surface area contributed by atoms with Crippen molar-refractivity contribution in [2.45, 2.75) is 4.90 Å². The average molecular weight is 410 g/mol. The van der Waals surface area contributed by atoms with E-state index in [4.69, 9.17) is 9.47 Å². The number of nitrogens with one attached hydrogen (secondary N) is 1. The Morgan fingerprint density at radius 2 is 1.86 bits per heavy atom. The minimum Gasteiger partial charge on any atom is -0.494 e. The van der Waals surface area contributed by atoms with Crippen LogP contribution in [0.15, 0.2) is 47.4 Å². The summed E-state index contributed by atoms with van der Waals surface area (Å²) in [6.45, 7) is -0.628. The summed E-state index contributed by atoms with van der Waals surface area (Å²) >= 11 is 0. The molecule has 0 fully saturated rings. The van der Waals surface area contributed by atoms with Crippen molar-refractivity contribution in [3.63, 3.8) is 0 Å². The van der Waals surface area contributed by atoms with E-state index in [1.807, 2.05) is 0 Å². The number of anilines is 1. The van der Waals surface area contributed by atoms with Gasteiger partial charge in [0.25, 0.3) is 5.91 Å². The Bertz CT molecular complexity index is 991. The lowest BCUT2D eigenvalue weighted by atomic mass is 10.2. The molecule has 28 heavy (non-hydrogen) atoms. The van der Waals surface area contributed by atoms with E-state index in [0.717, 1.165) is 10.4 Å². The lowest BCUT2D eigenvalue weighted by molar-refractivity contribution is -0.119. The molecular weight excluding hydrogens is 391 g/mol. The summed E-state index contributed by atoms with van der Waals surface area (Å²) in [4.78, 5) is 23.9. The third-order valence-corrected chi connectivity index (χ3v) is 5.43. The molecule has 150 valence electrons. The first-order valence-electron chi connectivity index (χ1n) is 7.98.